The Balaban J connectivity index is 1.49. The standard InChI is InChI=1S/C20H26N2O3/c23-19(16-5-1-2-6-16)22-11-8-18-20(14-22,9-4-12-24-18)15-25-17-7-3-10-21-13-17/h3,5,7,10,13,18H,1-2,4,6,8-9,11-12,14-15H2/t18-,20+/m0/s1. The van der Waals surface area contributed by atoms with E-state index in [1.54, 1.807) is 12.4 Å². The van der Waals surface area contributed by atoms with Gasteiger partial charge in [0.25, 0.3) is 0 Å². The molecule has 4 rings (SSSR count). The maximum Gasteiger partial charge on any atom is 0.249 e. The Bertz CT molecular complexity index is 646. The minimum Gasteiger partial charge on any atom is -0.491 e. The van der Waals surface area contributed by atoms with Gasteiger partial charge in [-0.05, 0) is 50.7 Å². The number of hydrogen-bond donors (Lipinski definition) is 0. The van der Waals surface area contributed by atoms with Gasteiger partial charge in [0.2, 0.25) is 5.91 Å². The number of carbonyl (C=O) groups is 1. The summed E-state index contributed by atoms with van der Waals surface area (Å²) in [7, 11) is 0. The van der Waals surface area contributed by atoms with E-state index in [-0.39, 0.29) is 17.4 Å². The van der Waals surface area contributed by atoms with E-state index in [1.807, 2.05) is 17.0 Å². The molecular formula is C20H26N2O3. The highest BCUT2D eigenvalue weighted by molar-refractivity contribution is 5.93. The number of pyridine rings is 1. The fourth-order valence-electron chi connectivity index (χ4n) is 4.40. The number of aromatic nitrogens is 1. The summed E-state index contributed by atoms with van der Waals surface area (Å²) in [6, 6.07) is 3.81. The topological polar surface area (TPSA) is 51.7 Å². The molecule has 1 aromatic heterocycles. The van der Waals surface area contributed by atoms with Crippen LogP contribution in [0.3, 0.4) is 0 Å². The molecule has 1 aromatic rings. The lowest BCUT2D eigenvalue weighted by atomic mass is 9.73. The van der Waals surface area contributed by atoms with E-state index in [0.29, 0.717) is 6.61 Å². The van der Waals surface area contributed by atoms with Gasteiger partial charge in [-0.25, -0.2) is 0 Å². The number of nitrogens with zero attached hydrogens (tertiary/aromatic N) is 2. The molecule has 0 saturated carbocycles. The molecule has 134 valence electrons. The highest BCUT2D eigenvalue weighted by atomic mass is 16.5. The van der Waals surface area contributed by atoms with Gasteiger partial charge in [0.15, 0.2) is 0 Å². The number of piperidine rings is 1. The molecule has 3 aliphatic rings. The third kappa shape index (κ3) is 3.43. The molecule has 0 N–H and O–H groups in total. The van der Waals surface area contributed by atoms with Crippen molar-refractivity contribution in [3.63, 3.8) is 0 Å². The molecule has 5 heteroatoms. The van der Waals surface area contributed by atoms with Crippen LogP contribution in [0, 0.1) is 5.41 Å². The number of allylic oxidation sites excluding steroid dienone is 1. The fraction of sp³-hybridized carbons (Fsp3) is 0.600. The van der Waals surface area contributed by atoms with Crippen LogP contribution in [-0.4, -0.2) is 48.2 Å². The highest BCUT2D eigenvalue weighted by Crippen LogP contribution is 2.41. The number of likely N-dealkylation sites (tertiary alicyclic amines) is 1. The number of hydrogen-bond acceptors (Lipinski definition) is 4. The van der Waals surface area contributed by atoms with Gasteiger partial charge in [0.1, 0.15) is 5.75 Å². The number of fused-ring (bicyclic) bond motifs is 1. The van der Waals surface area contributed by atoms with Gasteiger partial charge in [-0.1, -0.05) is 6.08 Å². The van der Waals surface area contributed by atoms with E-state index in [0.717, 1.165) is 69.5 Å². The lowest BCUT2D eigenvalue weighted by molar-refractivity contribution is -0.155. The van der Waals surface area contributed by atoms with Gasteiger partial charge in [-0.2, -0.15) is 0 Å². The summed E-state index contributed by atoms with van der Waals surface area (Å²) in [5, 5.41) is 0. The number of rotatable bonds is 4. The van der Waals surface area contributed by atoms with Gasteiger partial charge < -0.3 is 14.4 Å². The van der Waals surface area contributed by atoms with Gasteiger partial charge in [0, 0.05) is 36.9 Å². The average Bonchev–Trinajstić information content (AvgIpc) is 3.21. The van der Waals surface area contributed by atoms with Crippen molar-refractivity contribution in [1.82, 2.24) is 9.88 Å². The molecule has 1 amide bonds. The Labute approximate surface area is 149 Å². The zero-order valence-corrected chi connectivity index (χ0v) is 14.7. The van der Waals surface area contributed by atoms with Crippen molar-refractivity contribution in [3.8, 4) is 5.75 Å². The van der Waals surface area contributed by atoms with Crippen LogP contribution >= 0.6 is 0 Å². The first-order chi connectivity index (χ1) is 12.3. The second kappa shape index (κ2) is 7.16. The normalized spacial score (nSPS) is 29.0. The largest absolute Gasteiger partial charge is 0.491 e. The van der Waals surface area contributed by atoms with E-state index >= 15 is 0 Å². The molecule has 2 aliphatic heterocycles. The van der Waals surface area contributed by atoms with Gasteiger partial charge in [0.05, 0.1) is 18.9 Å². The van der Waals surface area contributed by atoms with Crippen molar-refractivity contribution in [2.24, 2.45) is 5.41 Å². The summed E-state index contributed by atoms with van der Waals surface area (Å²) < 4.78 is 12.1. The fourth-order valence-corrected chi connectivity index (χ4v) is 4.40. The number of carbonyl (C=O) groups excluding carboxylic acids is 1. The summed E-state index contributed by atoms with van der Waals surface area (Å²) in [6.45, 7) is 2.91. The van der Waals surface area contributed by atoms with E-state index in [4.69, 9.17) is 9.47 Å². The first-order valence-electron chi connectivity index (χ1n) is 9.40. The molecule has 3 heterocycles. The van der Waals surface area contributed by atoms with Crippen molar-refractivity contribution in [1.29, 1.82) is 0 Å². The second-order valence-corrected chi connectivity index (χ2v) is 7.44. The third-order valence-corrected chi connectivity index (χ3v) is 5.75. The molecule has 2 fully saturated rings. The van der Waals surface area contributed by atoms with Gasteiger partial charge in [-0.3, -0.25) is 9.78 Å². The van der Waals surface area contributed by atoms with Crippen LogP contribution in [0.25, 0.3) is 0 Å². The van der Waals surface area contributed by atoms with Crippen LogP contribution in [-0.2, 0) is 9.53 Å². The summed E-state index contributed by atoms with van der Waals surface area (Å²) in [6.07, 6.45) is 11.8. The third-order valence-electron chi connectivity index (χ3n) is 5.75. The van der Waals surface area contributed by atoms with Crippen LogP contribution in [0.5, 0.6) is 5.75 Å². The molecule has 5 nitrogen and oxygen atoms in total. The first-order valence-corrected chi connectivity index (χ1v) is 9.40. The number of ether oxygens (including phenoxy) is 2. The summed E-state index contributed by atoms with van der Waals surface area (Å²) in [4.78, 5) is 19.0. The lowest BCUT2D eigenvalue weighted by Crippen LogP contribution is -2.58. The summed E-state index contributed by atoms with van der Waals surface area (Å²) >= 11 is 0. The number of amides is 1. The van der Waals surface area contributed by atoms with E-state index in [9.17, 15) is 4.79 Å². The van der Waals surface area contributed by atoms with Gasteiger partial charge >= 0.3 is 0 Å². The van der Waals surface area contributed by atoms with Crippen molar-refractivity contribution in [3.05, 3.63) is 36.2 Å². The van der Waals surface area contributed by atoms with Crippen molar-refractivity contribution in [2.75, 3.05) is 26.3 Å². The maximum absolute atomic E-state index is 12.9. The minimum absolute atomic E-state index is 0.110. The predicted octanol–water partition coefficient (Wildman–Crippen LogP) is 2.97. The lowest BCUT2D eigenvalue weighted by Gasteiger charge is -2.50. The molecule has 0 spiro atoms. The van der Waals surface area contributed by atoms with Gasteiger partial charge in [-0.15, -0.1) is 0 Å². The SMILES string of the molecule is O=C(C1=CCCC1)N1CC[C@@H]2OCCC[C@]2(COc2cccnc2)C1. The molecule has 2 atom stereocenters. The predicted molar refractivity (Wildman–Crippen MR) is 94.3 cm³/mol. The van der Waals surface area contributed by atoms with Crippen molar-refractivity contribution >= 4 is 5.91 Å². The highest BCUT2D eigenvalue weighted by Gasteiger charge is 2.48. The quantitative estimate of drug-likeness (QED) is 0.844. The Morgan fingerprint density at radius 2 is 2.40 bits per heavy atom. The monoisotopic (exact) mass is 342 g/mol. The molecule has 0 bridgehead atoms. The minimum atomic E-state index is -0.110. The Morgan fingerprint density at radius 3 is 3.20 bits per heavy atom. The van der Waals surface area contributed by atoms with Crippen LogP contribution in [0.2, 0.25) is 0 Å². The molecule has 0 aromatic carbocycles. The van der Waals surface area contributed by atoms with Crippen molar-refractivity contribution < 1.29 is 14.3 Å². The Hall–Kier alpha value is -1.88. The molecule has 25 heavy (non-hydrogen) atoms. The first kappa shape index (κ1) is 16.6. The molecule has 0 radical (unpaired) electrons. The van der Waals surface area contributed by atoms with Crippen LogP contribution in [0.15, 0.2) is 36.2 Å². The smallest absolute Gasteiger partial charge is 0.249 e. The average molecular weight is 342 g/mol. The maximum atomic E-state index is 12.9. The van der Waals surface area contributed by atoms with E-state index in [1.165, 1.54) is 0 Å². The van der Waals surface area contributed by atoms with Crippen LogP contribution in [0.1, 0.15) is 38.5 Å². The Kier molecular flexibility index (Phi) is 4.75. The van der Waals surface area contributed by atoms with Crippen molar-refractivity contribution in [2.45, 2.75) is 44.6 Å². The second-order valence-electron chi connectivity index (χ2n) is 7.44. The zero-order valence-electron chi connectivity index (χ0n) is 14.7. The Morgan fingerprint density at radius 1 is 1.44 bits per heavy atom. The summed E-state index contributed by atoms with van der Waals surface area (Å²) in [5.41, 5.74) is 0.889. The molecule has 2 saturated heterocycles. The zero-order chi connectivity index (χ0) is 17.1. The molecular weight excluding hydrogens is 316 g/mol. The molecule has 0 unspecified atom stereocenters. The van der Waals surface area contributed by atoms with Crippen LogP contribution in [0.4, 0.5) is 0 Å². The van der Waals surface area contributed by atoms with Crippen LogP contribution < -0.4 is 4.74 Å². The van der Waals surface area contributed by atoms with E-state index in [2.05, 4.69) is 11.1 Å². The molecule has 1 aliphatic carbocycles. The van der Waals surface area contributed by atoms with E-state index < -0.39 is 0 Å². The summed E-state index contributed by atoms with van der Waals surface area (Å²) in [5.74, 6) is 1.01.